The number of rotatable bonds is 6. The molecule has 1 unspecified atom stereocenters. The first-order valence-corrected chi connectivity index (χ1v) is 10.2. The van der Waals surface area contributed by atoms with Gasteiger partial charge in [-0.3, -0.25) is 9.69 Å². The van der Waals surface area contributed by atoms with Crippen LogP contribution in [0.5, 0.6) is 0 Å². The average Bonchev–Trinajstić information content (AvgIpc) is 2.95. The van der Waals surface area contributed by atoms with Crippen molar-refractivity contribution < 1.29 is 17.9 Å². The molecule has 138 valence electrons. The molecule has 1 aromatic rings. The Bertz CT molecular complexity index is 688. The number of hydrogen-bond donors (Lipinski definition) is 2. The van der Waals surface area contributed by atoms with Crippen molar-refractivity contribution >= 4 is 21.6 Å². The molecule has 3 heterocycles. The molecule has 2 saturated heterocycles. The quantitative estimate of drug-likeness (QED) is 0.666. The van der Waals surface area contributed by atoms with E-state index in [2.05, 4.69) is 25.5 Å². The summed E-state index contributed by atoms with van der Waals surface area (Å²) in [7, 11) is -3.02. The molecule has 1 amide bonds. The van der Waals surface area contributed by atoms with E-state index in [9.17, 15) is 13.2 Å². The monoisotopic (exact) mass is 369 g/mol. The van der Waals surface area contributed by atoms with Gasteiger partial charge in [-0.15, -0.1) is 0 Å². The second-order valence-electron chi connectivity index (χ2n) is 6.24. The number of carbonyl (C=O) groups excluding carboxylic acids is 1. The fourth-order valence-corrected chi connectivity index (χ4v) is 4.54. The predicted octanol–water partition coefficient (Wildman–Crippen LogP) is -0.862. The lowest BCUT2D eigenvalue weighted by Crippen LogP contribution is -2.39. The lowest BCUT2D eigenvalue weighted by molar-refractivity contribution is 0.0398. The van der Waals surface area contributed by atoms with Crippen LogP contribution in [0.4, 0.5) is 5.82 Å². The Morgan fingerprint density at radius 1 is 1.28 bits per heavy atom. The molecule has 0 saturated carbocycles. The summed E-state index contributed by atoms with van der Waals surface area (Å²) >= 11 is 0. The summed E-state index contributed by atoms with van der Waals surface area (Å²) in [6.07, 6.45) is 3.36. The second-order valence-corrected chi connectivity index (χ2v) is 8.47. The summed E-state index contributed by atoms with van der Waals surface area (Å²) in [4.78, 5) is 22.7. The van der Waals surface area contributed by atoms with Gasteiger partial charge in [0.1, 0.15) is 11.5 Å². The van der Waals surface area contributed by atoms with E-state index in [0.717, 1.165) is 39.4 Å². The fraction of sp³-hybridized carbons (Fsp3) is 0.667. The highest BCUT2D eigenvalue weighted by atomic mass is 32.2. The molecule has 2 fully saturated rings. The van der Waals surface area contributed by atoms with E-state index in [4.69, 9.17) is 4.74 Å². The van der Waals surface area contributed by atoms with Crippen LogP contribution in [-0.2, 0) is 14.6 Å². The van der Waals surface area contributed by atoms with Gasteiger partial charge in [0.25, 0.3) is 5.91 Å². The van der Waals surface area contributed by atoms with Gasteiger partial charge in [0.05, 0.1) is 37.1 Å². The Kier molecular flexibility index (Phi) is 5.82. The van der Waals surface area contributed by atoms with E-state index < -0.39 is 15.7 Å². The SMILES string of the molecule is O=C(NC1CCS(=O)(=O)C1)c1cnc(NCCN2CCOCC2)cn1. The molecule has 0 radical (unpaired) electrons. The Labute approximate surface area is 147 Å². The molecule has 0 bridgehead atoms. The number of ether oxygens (including phenoxy) is 1. The molecule has 1 aromatic heterocycles. The van der Waals surface area contributed by atoms with Crippen molar-refractivity contribution in [2.24, 2.45) is 0 Å². The zero-order valence-corrected chi connectivity index (χ0v) is 14.8. The summed E-state index contributed by atoms with van der Waals surface area (Å²) in [5.74, 6) is 0.325. The van der Waals surface area contributed by atoms with Gasteiger partial charge in [-0.2, -0.15) is 0 Å². The number of carbonyl (C=O) groups is 1. The standard InChI is InChI=1S/C15H23N5O4S/c21-15(19-12-1-8-25(22,23)11-12)13-9-18-14(10-17-13)16-2-3-20-4-6-24-7-5-20/h9-10,12H,1-8,11H2,(H,16,18)(H,19,21). The second kappa shape index (κ2) is 8.07. The first-order valence-electron chi connectivity index (χ1n) is 8.39. The topological polar surface area (TPSA) is 114 Å². The molecule has 0 aliphatic carbocycles. The van der Waals surface area contributed by atoms with Crippen LogP contribution in [-0.4, -0.2) is 86.1 Å². The molecule has 10 heteroatoms. The molecule has 1 atom stereocenters. The van der Waals surface area contributed by atoms with E-state index in [-0.39, 0.29) is 23.2 Å². The Hall–Kier alpha value is -1.78. The Morgan fingerprint density at radius 3 is 2.72 bits per heavy atom. The maximum atomic E-state index is 12.1. The number of morpholine rings is 1. The molecule has 0 spiro atoms. The molecule has 3 rings (SSSR count). The van der Waals surface area contributed by atoms with Gasteiger partial charge < -0.3 is 15.4 Å². The van der Waals surface area contributed by atoms with E-state index >= 15 is 0 Å². The lowest BCUT2D eigenvalue weighted by atomic mass is 10.2. The van der Waals surface area contributed by atoms with Crippen molar-refractivity contribution in [2.45, 2.75) is 12.5 Å². The highest BCUT2D eigenvalue weighted by Gasteiger charge is 2.29. The number of nitrogens with one attached hydrogen (secondary N) is 2. The van der Waals surface area contributed by atoms with E-state index in [1.807, 2.05) is 0 Å². The predicted molar refractivity (Wildman–Crippen MR) is 92.3 cm³/mol. The molecule has 9 nitrogen and oxygen atoms in total. The zero-order valence-electron chi connectivity index (χ0n) is 14.0. The number of nitrogens with zero attached hydrogens (tertiary/aromatic N) is 3. The van der Waals surface area contributed by atoms with Gasteiger partial charge in [0.15, 0.2) is 9.84 Å². The maximum absolute atomic E-state index is 12.1. The highest BCUT2D eigenvalue weighted by Crippen LogP contribution is 2.12. The number of sulfone groups is 1. The molecule has 2 aliphatic rings. The smallest absolute Gasteiger partial charge is 0.271 e. The van der Waals surface area contributed by atoms with Crippen LogP contribution < -0.4 is 10.6 Å². The average molecular weight is 369 g/mol. The highest BCUT2D eigenvalue weighted by molar-refractivity contribution is 7.91. The Morgan fingerprint density at radius 2 is 2.08 bits per heavy atom. The summed E-state index contributed by atoms with van der Waals surface area (Å²) < 4.78 is 28.1. The van der Waals surface area contributed by atoms with Gasteiger partial charge in [-0.25, -0.2) is 18.4 Å². The van der Waals surface area contributed by atoms with Crippen LogP contribution in [0.3, 0.4) is 0 Å². The van der Waals surface area contributed by atoms with Crippen molar-refractivity contribution in [1.29, 1.82) is 0 Å². The molecule has 2 aliphatic heterocycles. The van der Waals surface area contributed by atoms with Crippen molar-refractivity contribution in [3.63, 3.8) is 0 Å². The van der Waals surface area contributed by atoms with E-state index in [1.54, 1.807) is 0 Å². The number of anilines is 1. The van der Waals surface area contributed by atoms with Crippen molar-refractivity contribution in [3.8, 4) is 0 Å². The zero-order chi connectivity index (χ0) is 17.7. The summed E-state index contributed by atoms with van der Waals surface area (Å²) in [5, 5.41) is 5.87. The number of aromatic nitrogens is 2. The molecule has 25 heavy (non-hydrogen) atoms. The largest absolute Gasteiger partial charge is 0.379 e. The maximum Gasteiger partial charge on any atom is 0.271 e. The first-order chi connectivity index (χ1) is 12.0. The summed E-state index contributed by atoms with van der Waals surface area (Å²) in [5.41, 5.74) is 0.183. The van der Waals surface area contributed by atoms with E-state index in [1.165, 1.54) is 12.4 Å². The third-order valence-electron chi connectivity index (χ3n) is 4.29. The van der Waals surface area contributed by atoms with Crippen molar-refractivity contribution in [1.82, 2.24) is 20.2 Å². The lowest BCUT2D eigenvalue weighted by Gasteiger charge is -2.26. The first kappa shape index (κ1) is 18.0. The molecular weight excluding hydrogens is 346 g/mol. The van der Waals surface area contributed by atoms with Gasteiger partial charge in [0, 0.05) is 32.2 Å². The number of hydrogen-bond acceptors (Lipinski definition) is 8. The van der Waals surface area contributed by atoms with Gasteiger partial charge in [-0.1, -0.05) is 0 Å². The third kappa shape index (κ3) is 5.35. The van der Waals surface area contributed by atoms with Gasteiger partial charge in [0.2, 0.25) is 0 Å². The fourth-order valence-electron chi connectivity index (χ4n) is 2.87. The minimum Gasteiger partial charge on any atom is -0.379 e. The van der Waals surface area contributed by atoms with Crippen LogP contribution in [0.1, 0.15) is 16.9 Å². The minimum absolute atomic E-state index is 0.00660. The van der Waals surface area contributed by atoms with Gasteiger partial charge in [-0.05, 0) is 6.42 Å². The van der Waals surface area contributed by atoms with Crippen LogP contribution in [0.2, 0.25) is 0 Å². The van der Waals surface area contributed by atoms with Crippen LogP contribution >= 0.6 is 0 Å². The van der Waals surface area contributed by atoms with Crippen molar-refractivity contribution in [3.05, 3.63) is 18.1 Å². The third-order valence-corrected chi connectivity index (χ3v) is 6.06. The normalized spacial score (nSPS) is 23.3. The molecular formula is C15H23N5O4S. The minimum atomic E-state index is -3.02. The van der Waals surface area contributed by atoms with Crippen LogP contribution in [0.15, 0.2) is 12.4 Å². The van der Waals surface area contributed by atoms with Gasteiger partial charge >= 0.3 is 0 Å². The van der Waals surface area contributed by atoms with Crippen LogP contribution in [0, 0.1) is 0 Å². The Balaban J connectivity index is 1.44. The summed E-state index contributed by atoms with van der Waals surface area (Å²) in [6, 6.07) is -0.342. The van der Waals surface area contributed by atoms with Crippen molar-refractivity contribution in [2.75, 3.05) is 56.2 Å². The molecule has 2 N–H and O–H groups in total. The molecule has 0 aromatic carbocycles. The summed E-state index contributed by atoms with van der Waals surface area (Å²) in [6.45, 7) is 5.04. The van der Waals surface area contributed by atoms with E-state index in [0.29, 0.717) is 12.2 Å². The van der Waals surface area contributed by atoms with Crippen LogP contribution in [0.25, 0.3) is 0 Å². The number of amides is 1.